The Morgan fingerprint density at radius 2 is 1.47 bits per heavy atom. The van der Waals surface area contributed by atoms with Crippen LogP contribution in [0.2, 0.25) is 0 Å². The minimum atomic E-state index is -3.26. The molecule has 0 saturated carbocycles. The summed E-state index contributed by atoms with van der Waals surface area (Å²) in [5.74, 6) is -2.61. The maximum atomic E-state index is 12.4. The third-order valence-corrected chi connectivity index (χ3v) is 1.69. The first-order valence-corrected chi connectivity index (χ1v) is 4.90. The third-order valence-electron chi connectivity index (χ3n) is 1.69. The molecular weight excluding hydrogens is 241 g/mol. The molecule has 7 heteroatoms. The second-order valence-electron chi connectivity index (χ2n) is 2.78. The van der Waals surface area contributed by atoms with E-state index in [4.69, 9.17) is 0 Å². The van der Waals surface area contributed by atoms with Crippen LogP contribution in [0.5, 0.6) is 0 Å². The first kappa shape index (κ1) is 15.5. The van der Waals surface area contributed by atoms with Gasteiger partial charge in [0.05, 0.1) is 13.2 Å². The average molecular weight is 254 g/mol. The molecule has 0 spiro atoms. The average Bonchev–Trinajstić information content (AvgIpc) is 2.25. The van der Waals surface area contributed by atoms with Gasteiger partial charge in [-0.3, -0.25) is 0 Å². The molecule has 0 rings (SSSR count). The van der Waals surface area contributed by atoms with Crippen LogP contribution in [-0.2, 0) is 19.1 Å². The zero-order chi connectivity index (χ0) is 13.4. The smallest absolute Gasteiger partial charge is 0.345 e. The molecule has 4 nitrogen and oxygen atoms in total. The predicted octanol–water partition coefficient (Wildman–Crippen LogP) is 1.64. The number of carbonyl (C=O) groups is 2. The summed E-state index contributed by atoms with van der Waals surface area (Å²) in [7, 11) is 0. The van der Waals surface area contributed by atoms with Crippen LogP contribution in [0.3, 0.4) is 0 Å². The van der Waals surface area contributed by atoms with Gasteiger partial charge in [-0.25, -0.2) is 22.8 Å². The Kier molecular flexibility index (Phi) is 7.00. The Bertz CT molecular complexity index is 293. The van der Waals surface area contributed by atoms with Crippen molar-refractivity contribution in [2.24, 2.45) is 0 Å². The fourth-order valence-electron chi connectivity index (χ4n) is 0.986. The van der Waals surface area contributed by atoms with Crippen LogP contribution in [-0.4, -0.2) is 38.3 Å². The molecule has 0 N–H and O–H groups in total. The number of allylic oxidation sites excluding steroid dienone is 1. The molecular formula is C10H13F3O4. The molecule has 17 heavy (non-hydrogen) atoms. The lowest BCUT2D eigenvalue weighted by Crippen LogP contribution is -2.23. The van der Waals surface area contributed by atoms with Gasteiger partial charge in [-0.1, -0.05) is 0 Å². The minimum Gasteiger partial charge on any atom is -0.462 e. The van der Waals surface area contributed by atoms with E-state index in [-0.39, 0.29) is 13.2 Å². The van der Waals surface area contributed by atoms with E-state index in [0.29, 0.717) is 0 Å². The molecule has 0 atom stereocenters. The molecule has 0 fully saturated rings. The molecule has 0 aromatic carbocycles. The summed E-state index contributed by atoms with van der Waals surface area (Å²) >= 11 is 0. The molecule has 0 aliphatic heterocycles. The SMILES string of the molecule is CCOC(=O)C(C(=O)OCC)=C(CF)C(F)F. The first-order chi connectivity index (χ1) is 7.99. The molecule has 0 heterocycles. The van der Waals surface area contributed by atoms with Crippen LogP contribution >= 0.6 is 0 Å². The van der Waals surface area contributed by atoms with Crippen molar-refractivity contribution in [3.05, 3.63) is 11.1 Å². The number of hydrogen-bond donors (Lipinski definition) is 0. The predicted molar refractivity (Wildman–Crippen MR) is 52.3 cm³/mol. The molecule has 0 amide bonds. The summed E-state index contributed by atoms with van der Waals surface area (Å²) in [6, 6.07) is 0. The van der Waals surface area contributed by atoms with E-state index in [9.17, 15) is 22.8 Å². The molecule has 0 aliphatic rings. The Morgan fingerprint density at radius 3 is 1.71 bits per heavy atom. The molecule has 0 aromatic rings. The van der Waals surface area contributed by atoms with Crippen molar-refractivity contribution in [2.75, 3.05) is 19.9 Å². The van der Waals surface area contributed by atoms with E-state index < -0.39 is 36.2 Å². The summed E-state index contributed by atoms with van der Waals surface area (Å²) in [6.07, 6.45) is -3.26. The van der Waals surface area contributed by atoms with E-state index in [2.05, 4.69) is 9.47 Å². The Hall–Kier alpha value is -1.53. The van der Waals surface area contributed by atoms with Crippen LogP contribution in [0.4, 0.5) is 13.2 Å². The summed E-state index contributed by atoms with van der Waals surface area (Å²) in [6.45, 7) is 0.996. The van der Waals surface area contributed by atoms with Gasteiger partial charge in [0.15, 0.2) is 5.57 Å². The minimum absolute atomic E-state index is 0.120. The number of alkyl halides is 3. The summed E-state index contributed by atoms with van der Waals surface area (Å²) in [4.78, 5) is 22.6. The van der Waals surface area contributed by atoms with Gasteiger partial charge in [0, 0.05) is 5.57 Å². The normalized spacial score (nSPS) is 10.0. The van der Waals surface area contributed by atoms with Crippen LogP contribution < -0.4 is 0 Å². The van der Waals surface area contributed by atoms with Crippen LogP contribution in [0.1, 0.15) is 13.8 Å². The number of esters is 2. The lowest BCUT2D eigenvalue weighted by molar-refractivity contribution is -0.147. The number of ether oxygens (including phenoxy) is 2. The maximum absolute atomic E-state index is 12.4. The van der Waals surface area contributed by atoms with Crippen molar-refractivity contribution in [1.82, 2.24) is 0 Å². The van der Waals surface area contributed by atoms with Gasteiger partial charge < -0.3 is 9.47 Å². The van der Waals surface area contributed by atoms with Crippen molar-refractivity contribution in [3.63, 3.8) is 0 Å². The third kappa shape index (κ3) is 4.46. The van der Waals surface area contributed by atoms with E-state index in [0.717, 1.165) is 0 Å². The van der Waals surface area contributed by atoms with Gasteiger partial charge in [0.2, 0.25) is 0 Å². The van der Waals surface area contributed by atoms with E-state index in [1.54, 1.807) is 0 Å². The zero-order valence-electron chi connectivity index (χ0n) is 9.47. The first-order valence-electron chi connectivity index (χ1n) is 4.90. The maximum Gasteiger partial charge on any atom is 0.345 e. The molecule has 0 radical (unpaired) electrons. The van der Waals surface area contributed by atoms with Crippen LogP contribution in [0.15, 0.2) is 11.1 Å². The molecule has 0 unspecified atom stereocenters. The highest BCUT2D eigenvalue weighted by atomic mass is 19.3. The number of halogens is 3. The largest absolute Gasteiger partial charge is 0.462 e. The van der Waals surface area contributed by atoms with Crippen molar-refractivity contribution in [1.29, 1.82) is 0 Å². The van der Waals surface area contributed by atoms with Crippen LogP contribution in [0, 0.1) is 0 Å². The fraction of sp³-hybridized carbons (Fsp3) is 0.600. The zero-order valence-corrected chi connectivity index (χ0v) is 9.47. The van der Waals surface area contributed by atoms with Crippen molar-refractivity contribution >= 4 is 11.9 Å². The Labute approximate surface area is 96.4 Å². The highest BCUT2D eigenvalue weighted by Gasteiger charge is 2.30. The standard InChI is InChI=1S/C10H13F3O4/c1-3-16-9(14)7(10(15)17-4-2)6(5-11)8(12)13/h8H,3-5H2,1-2H3. The van der Waals surface area contributed by atoms with Gasteiger partial charge in [0.1, 0.15) is 6.67 Å². The van der Waals surface area contributed by atoms with E-state index >= 15 is 0 Å². The second kappa shape index (κ2) is 7.70. The van der Waals surface area contributed by atoms with Crippen molar-refractivity contribution in [2.45, 2.75) is 20.3 Å². The Morgan fingerprint density at radius 1 is 1.06 bits per heavy atom. The molecule has 0 bridgehead atoms. The van der Waals surface area contributed by atoms with Gasteiger partial charge in [-0.2, -0.15) is 0 Å². The summed E-state index contributed by atoms with van der Waals surface area (Å²) in [5.41, 5.74) is -2.28. The van der Waals surface area contributed by atoms with Gasteiger partial charge >= 0.3 is 11.9 Å². The van der Waals surface area contributed by atoms with Gasteiger partial charge in [-0.05, 0) is 13.8 Å². The quantitative estimate of drug-likeness (QED) is 0.313. The number of hydrogen-bond acceptors (Lipinski definition) is 4. The monoisotopic (exact) mass is 254 g/mol. The van der Waals surface area contributed by atoms with Gasteiger partial charge in [0.25, 0.3) is 6.43 Å². The molecule has 0 aliphatic carbocycles. The number of rotatable bonds is 6. The fourth-order valence-corrected chi connectivity index (χ4v) is 0.986. The summed E-state index contributed by atoms with van der Waals surface area (Å²) < 4.78 is 46.1. The van der Waals surface area contributed by atoms with Crippen LogP contribution in [0.25, 0.3) is 0 Å². The van der Waals surface area contributed by atoms with Gasteiger partial charge in [-0.15, -0.1) is 0 Å². The Balaban J connectivity index is 5.35. The lowest BCUT2D eigenvalue weighted by Gasteiger charge is -2.10. The molecule has 0 aromatic heterocycles. The summed E-state index contributed by atoms with van der Waals surface area (Å²) in [5, 5.41) is 0. The van der Waals surface area contributed by atoms with E-state index in [1.807, 2.05) is 0 Å². The van der Waals surface area contributed by atoms with Crippen molar-refractivity contribution < 1.29 is 32.2 Å². The highest BCUT2D eigenvalue weighted by Crippen LogP contribution is 2.17. The topological polar surface area (TPSA) is 52.6 Å². The number of carbonyl (C=O) groups excluding carboxylic acids is 2. The second-order valence-corrected chi connectivity index (χ2v) is 2.78. The molecule has 0 saturated heterocycles. The van der Waals surface area contributed by atoms with E-state index in [1.165, 1.54) is 13.8 Å². The lowest BCUT2D eigenvalue weighted by atomic mass is 10.1. The highest BCUT2D eigenvalue weighted by molar-refractivity contribution is 6.14. The molecule has 98 valence electrons. The van der Waals surface area contributed by atoms with Crippen molar-refractivity contribution in [3.8, 4) is 0 Å².